The second-order valence-electron chi connectivity index (χ2n) is 6.48. The zero-order valence-corrected chi connectivity index (χ0v) is 15.7. The maximum absolute atomic E-state index is 12.2. The molecule has 0 spiro atoms. The predicted octanol–water partition coefficient (Wildman–Crippen LogP) is 3.02. The van der Waals surface area contributed by atoms with Gasteiger partial charge >= 0.3 is 0 Å². The minimum Gasteiger partial charge on any atom is -0.354 e. The van der Waals surface area contributed by atoms with E-state index in [2.05, 4.69) is 26.2 Å². The van der Waals surface area contributed by atoms with Crippen LogP contribution < -0.4 is 10.9 Å². The van der Waals surface area contributed by atoms with Crippen LogP contribution in [0.3, 0.4) is 0 Å². The molecule has 0 unspecified atom stereocenters. The molecule has 1 aromatic carbocycles. The fourth-order valence-electron chi connectivity index (χ4n) is 3.22. The van der Waals surface area contributed by atoms with Crippen molar-refractivity contribution in [2.45, 2.75) is 44.6 Å². The fraction of sp³-hybridized carbons (Fsp3) is 0.421. The summed E-state index contributed by atoms with van der Waals surface area (Å²) in [5.74, 6) is 0.388. The summed E-state index contributed by atoms with van der Waals surface area (Å²) in [6, 6.07) is 9.32. The molecular formula is C19H22BrN3O2. The van der Waals surface area contributed by atoms with E-state index in [1.54, 1.807) is 17.0 Å². The quantitative estimate of drug-likeness (QED) is 0.805. The maximum Gasteiger partial charge on any atom is 0.253 e. The van der Waals surface area contributed by atoms with Crippen molar-refractivity contribution < 1.29 is 4.79 Å². The van der Waals surface area contributed by atoms with Gasteiger partial charge in [0.1, 0.15) is 0 Å². The van der Waals surface area contributed by atoms with Crippen molar-refractivity contribution in [1.82, 2.24) is 14.9 Å². The van der Waals surface area contributed by atoms with E-state index < -0.39 is 0 Å². The van der Waals surface area contributed by atoms with Crippen LogP contribution in [-0.2, 0) is 17.8 Å². The molecule has 0 atom stereocenters. The first-order chi connectivity index (χ1) is 12.1. The van der Waals surface area contributed by atoms with Gasteiger partial charge < -0.3 is 5.32 Å². The lowest BCUT2D eigenvalue weighted by atomic mass is 10.0. The van der Waals surface area contributed by atoms with Crippen molar-refractivity contribution in [1.29, 1.82) is 0 Å². The summed E-state index contributed by atoms with van der Waals surface area (Å²) in [5, 5.41) is 2.85. The van der Waals surface area contributed by atoms with E-state index >= 15 is 0 Å². The molecule has 1 aliphatic carbocycles. The summed E-state index contributed by atoms with van der Waals surface area (Å²) < 4.78 is 2.54. The molecule has 5 nitrogen and oxygen atoms in total. The number of benzene rings is 1. The average molecular weight is 404 g/mol. The van der Waals surface area contributed by atoms with Gasteiger partial charge in [0.25, 0.3) is 5.56 Å². The molecule has 0 saturated heterocycles. The first-order valence-electron chi connectivity index (χ1n) is 8.69. The first-order valence-corrected chi connectivity index (χ1v) is 9.48. The molecule has 3 rings (SSSR count). The van der Waals surface area contributed by atoms with E-state index in [9.17, 15) is 9.59 Å². The number of rotatable bonds is 6. The van der Waals surface area contributed by atoms with E-state index in [-0.39, 0.29) is 11.5 Å². The fourth-order valence-corrected chi connectivity index (χ4v) is 3.48. The van der Waals surface area contributed by atoms with Gasteiger partial charge in [-0.15, -0.1) is 0 Å². The van der Waals surface area contributed by atoms with Crippen molar-refractivity contribution >= 4 is 21.8 Å². The minimum atomic E-state index is -0.0501. The third-order valence-corrected chi connectivity index (χ3v) is 5.16. The highest BCUT2D eigenvalue weighted by Gasteiger charge is 2.18. The second-order valence-corrected chi connectivity index (χ2v) is 7.40. The van der Waals surface area contributed by atoms with Crippen LogP contribution in [0.4, 0.5) is 0 Å². The van der Waals surface area contributed by atoms with Gasteiger partial charge in [-0.2, -0.15) is 0 Å². The van der Waals surface area contributed by atoms with Crippen LogP contribution in [0.25, 0.3) is 0 Å². The van der Waals surface area contributed by atoms with Gasteiger partial charge in [0.15, 0.2) is 0 Å². The van der Waals surface area contributed by atoms with Crippen molar-refractivity contribution in [2.75, 3.05) is 6.54 Å². The Morgan fingerprint density at radius 1 is 1.24 bits per heavy atom. The Balaban J connectivity index is 1.49. The van der Waals surface area contributed by atoms with E-state index in [1.807, 2.05) is 24.3 Å². The Labute approximate surface area is 155 Å². The molecule has 2 aromatic rings. The van der Waals surface area contributed by atoms with Crippen LogP contribution in [-0.4, -0.2) is 22.0 Å². The summed E-state index contributed by atoms with van der Waals surface area (Å²) in [6.07, 6.45) is 6.64. The van der Waals surface area contributed by atoms with Crippen LogP contribution in [0.15, 0.2) is 45.9 Å². The van der Waals surface area contributed by atoms with Crippen molar-refractivity contribution in [3.63, 3.8) is 0 Å². The largest absolute Gasteiger partial charge is 0.354 e. The molecule has 6 heteroatoms. The molecular weight excluding hydrogens is 382 g/mol. The van der Waals surface area contributed by atoms with Crippen molar-refractivity contribution in [3.8, 4) is 0 Å². The summed E-state index contributed by atoms with van der Waals surface area (Å²) in [5.41, 5.74) is 1.83. The van der Waals surface area contributed by atoms with Crippen molar-refractivity contribution in [2.24, 2.45) is 0 Å². The molecule has 0 bridgehead atoms. The minimum absolute atomic E-state index is 0.0425. The number of aromatic nitrogens is 2. The third-order valence-electron chi connectivity index (χ3n) is 4.63. The molecule has 0 aliphatic heterocycles. The van der Waals surface area contributed by atoms with Gasteiger partial charge in [0, 0.05) is 29.5 Å². The Bertz CT molecular complexity index is 780. The number of hydrogen-bond acceptors (Lipinski definition) is 3. The van der Waals surface area contributed by atoms with E-state index in [0.717, 1.165) is 28.6 Å². The third kappa shape index (κ3) is 5.01. The van der Waals surface area contributed by atoms with E-state index in [0.29, 0.717) is 25.4 Å². The van der Waals surface area contributed by atoms with Gasteiger partial charge in [0.05, 0.1) is 18.4 Å². The lowest BCUT2D eigenvalue weighted by Gasteiger charge is -2.11. The molecule has 1 aromatic heterocycles. The maximum atomic E-state index is 12.2. The Morgan fingerprint density at radius 3 is 2.64 bits per heavy atom. The smallest absolute Gasteiger partial charge is 0.253 e. The highest BCUT2D eigenvalue weighted by Crippen LogP contribution is 2.32. The van der Waals surface area contributed by atoms with Gasteiger partial charge in [-0.05, 0) is 30.5 Å². The summed E-state index contributed by atoms with van der Waals surface area (Å²) in [6.45, 7) is 0.850. The van der Waals surface area contributed by atoms with Gasteiger partial charge in [-0.25, -0.2) is 4.98 Å². The van der Waals surface area contributed by atoms with Gasteiger partial charge in [-0.1, -0.05) is 40.9 Å². The molecule has 1 N–H and O–H groups in total. The Kier molecular flexibility index (Phi) is 6.02. The number of amides is 1. The average Bonchev–Trinajstić information content (AvgIpc) is 3.13. The zero-order valence-electron chi connectivity index (χ0n) is 14.1. The monoisotopic (exact) mass is 403 g/mol. The van der Waals surface area contributed by atoms with Crippen LogP contribution in [0.5, 0.6) is 0 Å². The highest BCUT2D eigenvalue weighted by atomic mass is 79.9. The molecule has 1 amide bonds. The number of nitrogens with one attached hydrogen (secondary N) is 1. The number of nitrogens with zero attached hydrogens (tertiary/aromatic N) is 2. The standard InChI is InChI=1S/C19H22BrN3O2/c20-16-7-5-14(6-8-16)11-18(24)21-9-10-23-13-22-17(12-19(23)25)15-3-1-2-4-15/h5-8,12-13,15H,1-4,9-11H2,(H,21,24). The molecule has 1 heterocycles. The second kappa shape index (κ2) is 8.43. The molecule has 1 fully saturated rings. The molecule has 132 valence electrons. The number of carbonyl (C=O) groups is 1. The van der Waals surface area contributed by atoms with Crippen LogP contribution in [0.1, 0.15) is 42.9 Å². The van der Waals surface area contributed by atoms with Crippen LogP contribution in [0.2, 0.25) is 0 Å². The van der Waals surface area contributed by atoms with Gasteiger partial charge in [-0.3, -0.25) is 14.2 Å². The predicted molar refractivity (Wildman–Crippen MR) is 101 cm³/mol. The Hall–Kier alpha value is -1.95. The first kappa shape index (κ1) is 17.9. The SMILES string of the molecule is O=C(Cc1ccc(Br)cc1)NCCn1cnc(C2CCCC2)cc1=O. The van der Waals surface area contributed by atoms with Crippen LogP contribution in [0, 0.1) is 0 Å². The topological polar surface area (TPSA) is 64.0 Å². The van der Waals surface area contributed by atoms with Crippen LogP contribution >= 0.6 is 15.9 Å². The summed E-state index contributed by atoms with van der Waals surface area (Å²) >= 11 is 3.37. The van der Waals surface area contributed by atoms with E-state index in [4.69, 9.17) is 0 Å². The molecule has 25 heavy (non-hydrogen) atoms. The molecule has 1 aliphatic rings. The van der Waals surface area contributed by atoms with Crippen molar-refractivity contribution in [3.05, 3.63) is 62.7 Å². The zero-order chi connectivity index (χ0) is 17.6. The van der Waals surface area contributed by atoms with E-state index in [1.165, 1.54) is 12.8 Å². The lowest BCUT2D eigenvalue weighted by molar-refractivity contribution is -0.120. The van der Waals surface area contributed by atoms with Gasteiger partial charge in [0.2, 0.25) is 5.91 Å². The summed E-state index contributed by atoms with van der Waals surface area (Å²) in [4.78, 5) is 28.6. The number of halogens is 1. The lowest BCUT2D eigenvalue weighted by Crippen LogP contribution is -2.32. The number of hydrogen-bond donors (Lipinski definition) is 1. The Morgan fingerprint density at radius 2 is 1.96 bits per heavy atom. The molecule has 0 radical (unpaired) electrons. The number of carbonyl (C=O) groups excluding carboxylic acids is 1. The molecule has 1 saturated carbocycles. The highest BCUT2D eigenvalue weighted by molar-refractivity contribution is 9.10. The normalized spacial score (nSPS) is 14.6. The summed E-state index contributed by atoms with van der Waals surface area (Å²) in [7, 11) is 0.